The van der Waals surface area contributed by atoms with Crippen LogP contribution < -0.4 is 0 Å². The van der Waals surface area contributed by atoms with Crippen LogP contribution in [0, 0.1) is 5.92 Å². The highest BCUT2D eigenvalue weighted by atomic mass is 35.5. The molecule has 1 aliphatic rings. The maximum atomic E-state index is 13.6. The van der Waals surface area contributed by atoms with Crippen LogP contribution in [0.2, 0.25) is 0 Å². The maximum Gasteiger partial charge on any atom is 0.310 e. The van der Waals surface area contributed by atoms with Crippen molar-refractivity contribution in [3.05, 3.63) is 89.5 Å². The van der Waals surface area contributed by atoms with E-state index in [9.17, 15) is 9.18 Å². The zero-order chi connectivity index (χ0) is 27.1. The smallest absolute Gasteiger partial charge is 0.310 e. The molecule has 0 amide bonds. The third-order valence-corrected chi connectivity index (χ3v) is 4.08. The molecule has 0 radical (unpaired) electrons. The molecule has 0 spiro atoms. The number of nitrogens with one attached hydrogen (secondary N) is 1. The number of aliphatic carboxylic acids is 1. The van der Waals surface area contributed by atoms with Crippen molar-refractivity contribution < 1.29 is 24.1 Å². The Morgan fingerprint density at radius 1 is 1.29 bits per heavy atom. The number of allylic oxidation sites excluding steroid dienone is 8. The van der Waals surface area contributed by atoms with Crippen molar-refractivity contribution in [1.29, 1.82) is 0 Å². The Morgan fingerprint density at radius 2 is 1.97 bits per heavy atom. The number of alkyl halides is 1. The highest BCUT2D eigenvalue weighted by molar-refractivity contribution is 6.27. The summed E-state index contributed by atoms with van der Waals surface area (Å²) in [6.07, 6.45) is 19.4. The topological polar surface area (TPSA) is 95.4 Å². The molecule has 8 heteroatoms. The number of hydrogen-bond acceptors (Lipinski definition) is 4. The predicted molar refractivity (Wildman–Crippen MR) is 145 cm³/mol. The molecule has 0 bridgehead atoms. The Labute approximate surface area is 213 Å². The molecule has 0 saturated carbocycles. The first-order chi connectivity index (χ1) is 16.8. The van der Waals surface area contributed by atoms with Gasteiger partial charge in [0.1, 0.15) is 11.9 Å². The molecule has 2 rings (SSSR count). The average Bonchev–Trinajstić information content (AvgIpc) is 3.20. The minimum absolute atomic E-state index is 0.502. The number of imidazole rings is 1. The van der Waals surface area contributed by atoms with Gasteiger partial charge in [-0.1, -0.05) is 56.7 Å². The Morgan fingerprint density at radius 3 is 2.43 bits per heavy atom. The molecule has 3 N–H and O–H groups in total. The van der Waals surface area contributed by atoms with Crippen LogP contribution in [-0.4, -0.2) is 39.4 Å². The van der Waals surface area contributed by atoms with Crippen LogP contribution in [0.15, 0.2) is 78.1 Å². The van der Waals surface area contributed by atoms with Crippen molar-refractivity contribution >= 4 is 29.7 Å². The first-order valence-electron chi connectivity index (χ1n) is 11.3. The number of hydrogen-bond donors (Lipinski definition) is 3. The molecular weight excluding hydrogens is 471 g/mol. The average molecular weight is 509 g/mol. The highest BCUT2D eigenvalue weighted by Gasteiger charge is 2.06. The van der Waals surface area contributed by atoms with Gasteiger partial charge in [0.2, 0.25) is 0 Å². The van der Waals surface area contributed by atoms with Gasteiger partial charge in [-0.3, -0.25) is 4.79 Å². The lowest BCUT2D eigenvalue weighted by Gasteiger charge is -1.98. The lowest BCUT2D eigenvalue weighted by atomic mass is 10.1. The molecule has 35 heavy (non-hydrogen) atoms. The molecule has 1 aromatic heterocycles. The summed E-state index contributed by atoms with van der Waals surface area (Å²) < 4.78 is 18.7. The van der Waals surface area contributed by atoms with E-state index in [1.54, 1.807) is 36.7 Å². The minimum atomic E-state index is -1.18. The van der Waals surface area contributed by atoms with E-state index < -0.39 is 18.1 Å². The maximum absolute atomic E-state index is 13.6. The van der Waals surface area contributed by atoms with E-state index in [0.717, 1.165) is 29.6 Å². The number of carboxylic acid groups (broad SMARTS) is 1. The van der Waals surface area contributed by atoms with Gasteiger partial charge < -0.3 is 19.9 Å². The van der Waals surface area contributed by atoms with E-state index >= 15 is 0 Å². The van der Waals surface area contributed by atoms with Crippen molar-refractivity contribution in [1.82, 2.24) is 9.97 Å². The molecule has 1 aromatic rings. The second-order valence-corrected chi connectivity index (χ2v) is 6.74. The SMILES string of the molecule is C/C=C\CC.CC.CC(/C=C/O)C(=O)O.COC1=CC(F)C=C(/C=C/c2nc[nH]c2/C=C/Cl)C=C1. The molecular formula is C27H38ClFN2O4. The fraction of sp³-hybridized carbons (Fsp3) is 0.333. The van der Waals surface area contributed by atoms with Crippen LogP contribution in [-0.2, 0) is 9.53 Å². The predicted octanol–water partition coefficient (Wildman–Crippen LogP) is 7.77. The number of rotatable bonds is 7. The number of ether oxygens (including phenoxy) is 1. The number of aromatic amines is 1. The number of nitrogens with zero attached hydrogens (tertiary/aromatic N) is 1. The van der Waals surface area contributed by atoms with Crippen LogP contribution >= 0.6 is 11.6 Å². The Hall–Kier alpha value is -3.32. The molecule has 6 nitrogen and oxygen atoms in total. The van der Waals surface area contributed by atoms with Crippen molar-refractivity contribution in [2.45, 2.75) is 47.2 Å². The van der Waals surface area contributed by atoms with E-state index in [1.807, 2.05) is 20.8 Å². The van der Waals surface area contributed by atoms with Crippen LogP contribution in [0.4, 0.5) is 4.39 Å². The molecule has 1 heterocycles. The summed E-state index contributed by atoms with van der Waals surface area (Å²) in [5.41, 5.74) is 3.67. The summed E-state index contributed by atoms with van der Waals surface area (Å²) in [6.45, 7) is 9.64. The Bertz CT molecular complexity index is 912. The molecule has 2 unspecified atom stereocenters. The number of halogens is 2. The Kier molecular flexibility index (Phi) is 21.7. The molecule has 0 saturated heterocycles. The fourth-order valence-corrected chi connectivity index (χ4v) is 2.32. The largest absolute Gasteiger partial charge is 0.516 e. The molecule has 0 aliphatic heterocycles. The van der Waals surface area contributed by atoms with Crippen molar-refractivity contribution in [2.24, 2.45) is 5.92 Å². The van der Waals surface area contributed by atoms with Gasteiger partial charge in [-0.05, 0) is 62.3 Å². The lowest BCUT2D eigenvalue weighted by Crippen LogP contribution is -2.05. The second-order valence-electron chi connectivity index (χ2n) is 6.49. The van der Waals surface area contributed by atoms with Gasteiger partial charge in [-0.15, -0.1) is 0 Å². The monoisotopic (exact) mass is 508 g/mol. The van der Waals surface area contributed by atoms with Gasteiger partial charge in [0.05, 0.1) is 37.0 Å². The second kappa shape index (κ2) is 22.5. The molecule has 194 valence electrons. The number of carbonyl (C=O) groups is 1. The fourth-order valence-electron chi connectivity index (χ4n) is 2.19. The van der Waals surface area contributed by atoms with Crippen LogP contribution in [0.5, 0.6) is 0 Å². The third kappa shape index (κ3) is 16.9. The van der Waals surface area contributed by atoms with Gasteiger partial charge in [0.15, 0.2) is 0 Å². The minimum Gasteiger partial charge on any atom is -0.516 e. The van der Waals surface area contributed by atoms with Crippen molar-refractivity contribution in [3.8, 4) is 0 Å². The van der Waals surface area contributed by atoms with Gasteiger partial charge in [0, 0.05) is 5.54 Å². The lowest BCUT2D eigenvalue weighted by molar-refractivity contribution is -0.139. The third-order valence-electron chi connectivity index (χ3n) is 3.95. The molecule has 0 fully saturated rings. The van der Waals surface area contributed by atoms with E-state index in [1.165, 1.54) is 37.8 Å². The van der Waals surface area contributed by atoms with Crippen molar-refractivity contribution in [2.75, 3.05) is 7.11 Å². The number of carboxylic acids is 1. The summed E-state index contributed by atoms with van der Waals surface area (Å²) in [5.74, 6) is -1.03. The van der Waals surface area contributed by atoms with E-state index in [4.69, 9.17) is 26.6 Å². The standard InChI is InChI=1S/C15H14ClFN2O.C5H8O3.C5H10.C2H6/c1-20-13-4-2-11(8-12(17)9-13)3-5-14-15(6-7-16)19-10-18-14;1-4(2-3-6)5(7)8;1-3-5-4-2;1-2/h2-10,12H,1H3,(H,18,19);2-4,6H,1H3,(H,7,8);3,5H,4H2,1-2H3;1-2H3/b5-3+,7-6+;3-2+;5-3-;. The van der Waals surface area contributed by atoms with Crippen LogP contribution in [0.3, 0.4) is 0 Å². The first kappa shape index (κ1) is 33.9. The van der Waals surface area contributed by atoms with Gasteiger partial charge in [-0.2, -0.15) is 0 Å². The number of aliphatic hydroxyl groups excluding tert-OH is 1. The number of H-pyrrole nitrogens is 1. The van der Waals surface area contributed by atoms with E-state index in [-0.39, 0.29) is 0 Å². The molecule has 2 atom stereocenters. The summed E-state index contributed by atoms with van der Waals surface area (Å²) in [7, 11) is 1.51. The summed E-state index contributed by atoms with van der Waals surface area (Å²) in [4.78, 5) is 17.0. The Balaban J connectivity index is 0. The van der Waals surface area contributed by atoms with Gasteiger partial charge >= 0.3 is 5.97 Å². The number of methoxy groups -OCH3 is 1. The summed E-state index contributed by atoms with van der Waals surface area (Å²) in [6, 6.07) is 0. The highest BCUT2D eigenvalue weighted by Crippen LogP contribution is 2.16. The summed E-state index contributed by atoms with van der Waals surface area (Å²) >= 11 is 5.54. The van der Waals surface area contributed by atoms with E-state index in [0.29, 0.717) is 5.76 Å². The van der Waals surface area contributed by atoms with Crippen LogP contribution in [0.1, 0.15) is 52.4 Å². The van der Waals surface area contributed by atoms with Gasteiger partial charge in [0.25, 0.3) is 0 Å². The van der Waals surface area contributed by atoms with Crippen molar-refractivity contribution in [3.63, 3.8) is 0 Å². The zero-order valence-electron chi connectivity index (χ0n) is 21.3. The normalized spacial score (nSPS) is 15.8. The van der Waals surface area contributed by atoms with Gasteiger partial charge in [-0.25, -0.2) is 9.37 Å². The summed E-state index contributed by atoms with van der Waals surface area (Å²) in [5, 5.41) is 16.2. The quantitative estimate of drug-likeness (QED) is 0.258. The van der Waals surface area contributed by atoms with Crippen LogP contribution in [0.25, 0.3) is 12.2 Å². The molecule has 0 aromatic carbocycles. The zero-order valence-corrected chi connectivity index (χ0v) is 22.0. The van der Waals surface area contributed by atoms with E-state index in [2.05, 4.69) is 29.0 Å². The number of aromatic nitrogens is 2. The first-order valence-corrected chi connectivity index (χ1v) is 11.7. The number of aliphatic hydroxyl groups is 1. The molecule has 1 aliphatic carbocycles.